The Kier molecular flexibility index (Phi) is 3.07. The van der Waals surface area contributed by atoms with E-state index in [0.717, 1.165) is 26.2 Å². The number of nitrogens with zero attached hydrogens (tertiary/aromatic N) is 2. The van der Waals surface area contributed by atoms with E-state index >= 15 is 0 Å². The summed E-state index contributed by atoms with van der Waals surface area (Å²) in [6.07, 6.45) is 5.08. The highest BCUT2D eigenvalue weighted by Gasteiger charge is 2.33. The van der Waals surface area contributed by atoms with E-state index in [2.05, 4.69) is 21.8 Å². The van der Waals surface area contributed by atoms with Gasteiger partial charge in [0.05, 0.1) is 12.9 Å². The molecule has 0 aliphatic carbocycles. The van der Waals surface area contributed by atoms with Crippen LogP contribution in [0.3, 0.4) is 0 Å². The number of hydrogen-bond acceptors (Lipinski definition) is 3. The number of imidazole rings is 1. The van der Waals surface area contributed by atoms with Gasteiger partial charge in [0.15, 0.2) is 0 Å². The summed E-state index contributed by atoms with van der Waals surface area (Å²) in [4.78, 5) is 4.24. The average Bonchev–Trinajstić information content (AvgIpc) is 2.84. The lowest BCUT2D eigenvalue weighted by Gasteiger charge is -2.24. The molecule has 4 nitrogen and oxygen atoms in total. The van der Waals surface area contributed by atoms with Crippen molar-refractivity contribution in [2.75, 3.05) is 26.8 Å². The van der Waals surface area contributed by atoms with Crippen LogP contribution in [0, 0.1) is 0 Å². The molecule has 1 aliphatic heterocycles. The van der Waals surface area contributed by atoms with Gasteiger partial charge in [-0.3, -0.25) is 0 Å². The highest BCUT2D eigenvalue weighted by molar-refractivity contribution is 5.17. The fourth-order valence-corrected chi connectivity index (χ4v) is 2.23. The molecule has 0 aromatic carbocycles. The first-order chi connectivity index (χ1) is 7.26. The second kappa shape index (κ2) is 4.33. The summed E-state index contributed by atoms with van der Waals surface area (Å²) in [5, 5.41) is 3.41. The zero-order valence-electron chi connectivity index (χ0n) is 9.49. The zero-order valence-corrected chi connectivity index (χ0v) is 9.49. The van der Waals surface area contributed by atoms with Crippen molar-refractivity contribution in [3.63, 3.8) is 0 Å². The van der Waals surface area contributed by atoms with Gasteiger partial charge in [-0.2, -0.15) is 0 Å². The first-order valence-electron chi connectivity index (χ1n) is 5.46. The molecule has 4 heteroatoms. The van der Waals surface area contributed by atoms with Crippen LogP contribution in [0.5, 0.6) is 0 Å². The van der Waals surface area contributed by atoms with Crippen molar-refractivity contribution in [3.05, 3.63) is 18.2 Å². The summed E-state index contributed by atoms with van der Waals surface area (Å²) < 4.78 is 7.31. The molecule has 2 heterocycles. The summed E-state index contributed by atoms with van der Waals surface area (Å²) >= 11 is 0. The van der Waals surface area contributed by atoms with E-state index in [1.165, 1.54) is 12.1 Å². The predicted molar refractivity (Wildman–Crippen MR) is 58.9 cm³/mol. The molecule has 1 N–H and O–H groups in total. The summed E-state index contributed by atoms with van der Waals surface area (Å²) in [5.41, 5.74) is 1.56. The van der Waals surface area contributed by atoms with Crippen molar-refractivity contribution in [1.29, 1.82) is 0 Å². The van der Waals surface area contributed by atoms with Crippen LogP contribution in [0.25, 0.3) is 0 Å². The minimum atomic E-state index is 0.240. The Morgan fingerprint density at radius 1 is 1.67 bits per heavy atom. The second-order valence-corrected chi connectivity index (χ2v) is 4.45. The Morgan fingerprint density at radius 2 is 2.53 bits per heavy atom. The Bertz CT molecular complexity index is 315. The zero-order chi connectivity index (χ0) is 10.7. The molecular weight excluding hydrogens is 190 g/mol. The molecule has 0 amide bonds. The molecule has 1 unspecified atom stereocenters. The average molecular weight is 209 g/mol. The molecule has 1 fully saturated rings. The maximum absolute atomic E-state index is 5.10. The standard InChI is InChI=1S/C11H19N3O/c1-11(3-4-12-8-11)10-7-13-9-14(10)5-6-15-2/h7,9,12H,3-6,8H2,1-2H3. The Balaban J connectivity index is 2.16. The molecule has 0 spiro atoms. The molecule has 0 radical (unpaired) electrons. The van der Waals surface area contributed by atoms with E-state index in [1.807, 2.05) is 12.5 Å². The maximum Gasteiger partial charge on any atom is 0.0949 e. The molecule has 84 valence electrons. The predicted octanol–water partition coefficient (Wildman–Crippen LogP) is 0.780. The number of methoxy groups -OCH3 is 1. The monoisotopic (exact) mass is 209 g/mol. The van der Waals surface area contributed by atoms with Crippen molar-refractivity contribution in [2.24, 2.45) is 0 Å². The van der Waals surface area contributed by atoms with Gasteiger partial charge in [0.25, 0.3) is 0 Å². The normalized spacial score (nSPS) is 26.0. The van der Waals surface area contributed by atoms with Crippen LogP contribution in [0.2, 0.25) is 0 Å². The van der Waals surface area contributed by atoms with Crippen LogP contribution >= 0.6 is 0 Å². The Labute approximate surface area is 90.6 Å². The van der Waals surface area contributed by atoms with Crippen molar-refractivity contribution < 1.29 is 4.74 Å². The quantitative estimate of drug-likeness (QED) is 0.796. The molecule has 0 bridgehead atoms. The largest absolute Gasteiger partial charge is 0.383 e. The van der Waals surface area contributed by atoms with E-state index in [4.69, 9.17) is 4.74 Å². The molecule has 1 atom stereocenters. The van der Waals surface area contributed by atoms with Gasteiger partial charge < -0.3 is 14.6 Å². The molecular formula is C11H19N3O. The lowest BCUT2D eigenvalue weighted by Crippen LogP contribution is -2.28. The fourth-order valence-electron chi connectivity index (χ4n) is 2.23. The van der Waals surface area contributed by atoms with Gasteiger partial charge in [-0.25, -0.2) is 4.98 Å². The smallest absolute Gasteiger partial charge is 0.0949 e. The minimum absolute atomic E-state index is 0.240. The van der Waals surface area contributed by atoms with Crippen LogP contribution < -0.4 is 5.32 Å². The van der Waals surface area contributed by atoms with Crippen LogP contribution in [-0.4, -0.2) is 36.4 Å². The van der Waals surface area contributed by atoms with Crippen molar-refractivity contribution in [2.45, 2.75) is 25.3 Å². The van der Waals surface area contributed by atoms with Gasteiger partial charge in [-0.1, -0.05) is 6.92 Å². The third-order valence-electron chi connectivity index (χ3n) is 3.24. The highest BCUT2D eigenvalue weighted by Crippen LogP contribution is 2.29. The molecule has 0 saturated carbocycles. The van der Waals surface area contributed by atoms with Crippen LogP contribution in [0.15, 0.2) is 12.5 Å². The lowest BCUT2D eigenvalue weighted by molar-refractivity contribution is 0.185. The number of aromatic nitrogens is 2. The lowest BCUT2D eigenvalue weighted by atomic mass is 9.86. The van der Waals surface area contributed by atoms with Crippen molar-refractivity contribution >= 4 is 0 Å². The van der Waals surface area contributed by atoms with E-state index in [0.29, 0.717) is 0 Å². The minimum Gasteiger partial charge on any atom is -0.383 e. The fraction of sp³-hybridized carbons (Fsp3) is 0.727. The summed E-state index contributed by atoms with van der Waals surface area (Å²) in [6, 6.07) is 0. The molecule has 1 saturated heterocycles. The van der Waals surface area contributed by atoms with Gasteiger partial charge in [-0.15, -0.1) is 0 Å². The number of nitrogens with one attached hydrogen (secondary N) is 1. The third kappa shape index (κ3) is 2.06. The second-order valence-electron chi connectivity index (χ2n) is 4.45. The number of ether oxygens (including phenoxy) is 1. The Morgan fingerprint density at radius 3 is 3.20 bits per heavy atom. The van der Waals surface area contributed by atoms with E-state index in [1.54, 1.807) is 7.11 Å². The highest BCUT2D eigenvalue weighted by atomic mass is 16.5. The SMILES string of the molecule is COCCn1cncc1C1(C)CCNC1. The van der Waals surface area contributed by atoms with Crippen LogP contribution in [-0.2, 0) is 16.7 Å². The number of rotatable bonds is 4. The molecule has 1 aromatic heterocycles. The number of hydrogen-bond donors (Lipinski definition) is 1. The summed E-state index contributed by atoms with van der Waals surface area (Å²) in [7, 11) is 1.73. The molecule has 1 aromatic rings. The van der Waals surface area contributed by atoms with Crippen molar-refractivity contribution in [3.8, 4) is 0 Å². The first-order valence-corrected chi connectivity index (χ1v) is 5.46. The van der Waals surface area contributed by atoms with E-state index in [-0.39, 0.29) is 5.41 Å². The molecule has 15 heavy (non-hydrogen) atoms. The molecule has 2 rings (SSSR count). The maximum atomic E-state index is 5.10. The van der Waals surface area contributed by atoms with Gasteiger partial charge >= 0.3 is 0 Å². The third-order valence-corrected chi connectivity index (χ3v) is 3.24. The first kappa shape index (κ1) is 10.6. The van der Waals surface area contributed by atoms with Crippen LogP contribution in [0.1, 0.15) is 19.0 Å². The summed E-state index contributed by atoms with van der Waals surface area (Å²) in [5.74, 6) is 0. The molecule has 1 aliphatic rings. The van der Waals surface area contributed by atoms with Gasteiger partial charge in [0.1, 0.15) is 0 Å². The van der Waals surface area contributed by atoms with E-state index in [9.17, 15) is 0 Å². The van der Waals surface area contributed by atoms with Gasteiger partial charge in [0.2, 0.25) is 0 Å². The van der Waals surface area contributed by atoms with Crippen LogP contribution in [0.4, 0.5) is 0 Å². The Hall–Kier alpha value is -0.870. The summed E-state index contributed by atoms with van der Waals surface area (Å²) in [6.45, 7) is 6.08. The van der Waals surface area contributed by atoms with Gasteiger partial charge in [0, 0.05) is 37.5 Å². The topological polar surface area (TPSA) is 39.1 Å². The van der Waals surface area contributed by atoms with Crippen molar-refractivity contribution in [1.82, 2.24) is 14.9 Å². The van der Waals surface area contributed by atoms with Gasteiger partial charge in [-0.05, 0) is 13.0 Å². The van der Waals surface area contributed by atoms with E-state index < -0.39 is 0 Å².